The van der Waals surface area contributed by atoms with Crippen molar-refractivity contribution in [2.24, 2.45) is 0 Å². The average molecular weight is 274 g/mol. The van der Waals surface area contributed by atoms with Crippen LogP contribution in [-0.4, -0.2) is 23.1 Å². The molecule has 19 heavy (non-hydrogen) atoms. The summed E-state index contributed by atoms with van der Waals surface area (Å²) in [6.45, 7) is 0. The van der Waals surface area contributed by atoms with Gasteiger partial charge in [0.1, 0.15) is 0 Å². The molecule has 0 heterocycles. The van der Waals surface area contributed by atoms with E-state index in [1.165, 1.54) is 0 Å². The van der Waals surface area contributed by atoms with Crippen molar-refractivity contribution >= 4 is 23.1 Å². The maximum Gasteiger partial charge on any atom is 0.231 e. The van der Waals surface area contributed by atoms with E-state index in [0.717, 1.165) is 12.2 Å². The molecule has 0 aliphatic heterocycles. The molecule has 0 aliphatic rings. The van der Waals surface area contributed by atoms with E-state index in [0.29, 0.717) is 0 Å². The van der Waals surface area contributed by atoms with Crippen LogP contribution in [0.4, 0.5) is 0 Å². The standard InChI is InChI=1S/2C6H6.2CHNO.H4Si/c2*1-2-4-6-5-3-1;2*2-1-3;/h2*1-6H;2*2H;1H4. The van der Waals surface area contributed by atoms with Crippen molar-refractivity contribution in [3.8, 4) is 0 Å². The van der Waals surface area contributed by atoms with Gasteiger partial charge in [0.25, 0.3) is 0 Å². The van der Waals surface area contributed by atoms with Gasteiger partial charge >= 0.3 is 0 Å². The molecule has 0 radical (unpaired) electrons. The van der Waals surface area contributed by atoms with Crippen LogP contribution in [0.15, 0.2) is 72.8 Å². The number of benzene rings is 2. The lowest BCUT2D eigenvalue weighted by atomic mass is 10.4. The summed E-state index contributed by atoms with van der Waals surface area (Å²) in [5, 5.41) is 10.8. The number of hydrogen-bond acceptors (Lipinski definition) is 4. The Bertz CT molecular complexity index is 327. The van der Waals surface area contributed by atoms with E-state index >= 15 is 0 Å². The fraction of sp³-hybridized carbons (Fsp3) is 0. The van der Waals surface area contributed by atoms with Gasteiger partial charge in [0, 0.05) is 0 Å². The SMILES string of the molecule is N=C=O.N=C=O.[SiH4].c1ccccc1.c1ccccc1. The topological polar surface area (TPSA) is 81.8 Å². The van der Waals surface area contributed by atoms with Crippen LogP contribution in [0, 0.1) is 10.8 Å². The van der Waals surface area contributed by atoms with E-state index in [2.05, 4.69) is 0 Å². The Hall–Kier alpha value is -2.58. The fourth-order valence-electron chi connectivity index (χ4n) is 0.770. The maximum atomic E-state index is 8.35. The van der Waals surface area contributed by atoms with Gasteiger partial charge in [-0.2, -0.15) is 0 Å². The van der Waals surface area contributed by atoms with Gasteiger partial charge in [0.05, 0.1) is 0 Å². The predicted octanol–water partition coefficient (Wildman–Crippen LogP) is 1.72. The van der Waals surface area contributed by atoms with Crippen LogP contribution in [-0.2, 0) is 9.59 Å². The first-order valence-corrected chi connectivity index (χ1v) is 4.91. The Balaban J connectivity index is -0.000000188. The Kier molecular flexibility index (Phi) is 28.0. The van der Waals surface area contributed by atoms with Gasteiger partial charge < -0.3 is 0 Å². The van der Waals surface area contributed by atoms with Gasteiger partial charge in [0.15, 0.2) is 0 Å². The van der Waals surface area contributed by atoms with E-state index in [1.807, 2.05) is 72.8 Å². The Morgan fingerprint density at radius 3 is 0.579 bits per heavy atom. The molecule has 2 rings (SSSR count). The van der Waals surface area contributed by atoms with Gasteiger partial charge in [-0.3, -0.25) is 0 Å². The molecule has 0 amide bonds. The molecule has 100 valence electrons. The van der Waals surface area contributed by atoms with E-state index < -0.39 is 0 Å². The van der Waals surface area contributed by atoms with E-state index in [-0.39, 0.29) is 11.0 Å². The molecular formula is C14H18N2O2Si. The normalized spacial score (nSPS) is 5.89. The summed E-state index contributed by atoms with van der Waals surface area (Å²) in [6, 6.07) is 24.0. The van der Waals surface area contributed by atoms with E-state index in [1.54, 1.807) is 0 Å². The summed E-state index contributed by atoms with van der Waals surface area (Å²) >= 11 is 0. The monoisotopic (exact) mass is 274 g/mol. The number of nitrogens with one attached hydrogen (secondary N) is 2. The number of hydrogen-bond donors (Lipinski definition) is 2. The van der Waals surface area contributed by atoms with Crippen LogP contribution in [0.1, 0.15) is 0 Å². The quantitative estimate of drug-likeness (QED) is 0.436. The molecule has 0 atom stereocenters. The highest BCUT2D eigenvalue weighted by Crippen LogP contribution is 1.80. The molecule has 2 aromatic rings. The van der Waals surface area contributed by atoms with E-state index in [9.17, 15) is 0 Å². The Labute approximate surface area is 117 Å². The summed E-state index contributed by atoms with van der Waals surface area (Å²) < 4.78 is 0. The smallest absolute Gasteiger partial charge is 0.222 e. The molecule has 2 aromatic carbocycles. The van der Waals surface area contributed by atoms with Crippen molar-refractivity contribution in [2.75, 3.05) is 0 Å². The first-order chi connectivity index (χ1) is 8.83. The lowest BCUT2D eigenvalue weighted by Gasteiger charge is -1.69. The third-order valence-corrected chi connectivity index (χ3v) is 1.33. The molecule has 0 fully saturated rings. The van der Waals surface area contributed by atoms with Gasteiger partial charge in [-0.25, -0.2) is 20.4 Å². The summed E-state index contributed by atoms with van der Waals surface area (Å²) in [4.78, 5) is 16.7. The number of rotatable bonds is 0. The predicted molar refractivity (Wildman–Crippen MR) is 81.0 cm³/mol. The van der Waals surface area contributed by atoms with Crippen molar-refractivity contribution in [1.29, 1.82) is 10.8 Å². The summed E-state index contributed by atoms with van der Waals surface area (Å²) in [6.07, 6.45) is 1.50. The molecular weight excluding hydrogens is 256 g/mol. The van der Waals surface area contributed by atoms with Gasteiger partial charge in [-0.05, 0) is 11.0 Å². The molecule has 0 aromatic heterocycles. The Morgan fingerprint density at radius 2 is 0.526 bits per heavy atom. The minimum atomic E-state index is 0. The zero-order valence-electron chi connectivity index (χ0n) is 9.74. The van der Waals surface area contributed by atoms with Crippen LogP contribution >= 0.6 is 0 Å². The van der Waals surface area contributed by atoms with Crippen LogP contribution in [0.5, 0.6) is 0 Å². The van der Waals surface area contributed by atoms with Crippen molar-refractivity contribution in [1.82, 2.24) is 0 Å². The van der Waals surface area contributed by atoms with E-state index in [4.69, 9.17) is 20.4 Å². The molecule has 0 unspecified atom stereocenters. The van der Waals surface area contributed by atoms with Gasteiger partial charge in [-0.15, -0.1) is 0 Å². The third-order valence-electron chi connectivity index (χ3n) is 1.33. The summed E-state index contributed by atoms with van der Waals surface area (Å²) in [5.74, 6) is 0. The van der Waals surface area contributed by atoms with Crippen LogP contribution in [0.3, 0.4) is 0 Å². The number of carbonyl (C=O) groups excluding carboxylic acids is 2. The second-order valence-corrected chi connectivity index (χ2v) is 2.51. The molecule has 0 saturated carbocycles. The zero-order valence-corrected chi connectivity index (χ0v) is 9.74. The third kappa shape index (κ3) is 31.3. The second kappa shape index (κ2) is 24.6. The number of isocyanates is 2. The summed E-state index contributed by atoms with van der Waals surface area (Å²) in [5.41, 5.74) is 0. The second-order valence-electron chi connectivity index (χ2n) is 2.51. The van der Waals surface area contributed by atoms with Crippen molar-refractivity contribution in [3.63, 3.8) is 0 Å². The fourth-order valence-corrected chi connectivity index (χ4v) is 0.770. The molecule has 0 spiro atoms. The maximum absolute atomic E-state index is 8.35. The van der Waals surface area contributed by atoms with Crippen LogP contribution in [0.25, 0.3) is 0 Å². The minimum absolute atomic E-state index is 0. The molecule has 2 N–H and O–H groups in total. The van der Waals surface area contributed by atoms with Crippen LogP contribution in [0.2, 0.25) is 0 Å². The first-order valence-electron chi connectivity index (χ1n) is 4.91. The molecule has 0 bridgehead atoms. The van der Waals surface area contributed by atoms with Crippen molar-refractivity contribution < 1.29 is 9.59 Å². The molecule has 5 heteroatoms. The lowest BCUT2D eigenvalue weighted by molar-refractivity contribution is 0.562. The average Bonchev–Trinajstić information content (AvgIpc) is 2.45. The van der Waals surface area contributed by atoms with Crippen LogP contribution < -0.4 is 0 Å². The highest BCUT2D eigenvalue weighted by molar-refractivity contribution is 5.75. The van der Waals surface area contributed by atoms with Crippen molar-refractivity contribution in [2.45, 2.75) is 0 Å². The highest BCUT2D eigenvalue weighted by atomic mass is 28.1. The van der Waals surface area contributed by atoms with Gasteiger partial charge in [-0.1, -0.05) is 72.8 Å². The highest BCUT2D eigenvalue weighted by Gasteiger charge is 1.58. The minimum Gasteiger partial charge on any atom is -0.222 e. The molecule has 4 nitrogen and oxygen atoms in total. The summed E-state index contributed by atoms with van der Waals surface area (Å²) in [7, 11) is 0. The molecule has 0 aliphatic carbocycles. The first kappa shape index (κ1) is 21.7. The molecule has 0 saturated heterocycles. The Morgan fingerprint density at radius 1 is 0.474 bits per heavy atom. The van der Waals surface area contributed by atoms with Crippen molar-refractivity contribution in [3.05, 3.63) is 72.8 Å². The van der Waals surface area contributed by atoms with Gasteiger partial charge in [0.2, 0.25) is 12.2 Å². The lowest BCUT2D eigenvalue weighted by Crippen LogP contribution is -1.47. The zero-order chi connectivity index (χ0) is 13.9. The largest absolute Gasteiger partial charge is 0.231 e.